The number of benzene rings is 1. The Labute approximate surface area is 90.8 Å². The van der Waals surface area contributed by atoms with Crippen LogP contribution in [0.2, 0.25) is 0 Å². The van der Waals surface area contributed by atoms with Gasteiger partial charge in [-0.1, -0.05) is 24.8 Å². The molecular formula is C13H16O2. The summed E-state index contributed by atoms with van der Waals surface area (Å²) >= 11 is 0. The summed E-state index contributed by atoms with van der Waals surface area (Å²) in [6.45, 7) is 6.24. The highest BCUT2D eigenvalue weighted by Gasteiger charge is 2.07. The van der Waals surface area contributed by atoms with E-state index < -0.39 is 0 Å². The third-order valence-electron chi connectivity index (χ3n) is 1.94. The van der Waals surface area contributed by atoms with Gasteiger partial charge in [0.05, 0.1) is 19.3 Å². The minimum Gasteiger partial charge on any atom is -0.496 e. The molecular weight excluding hydrogens is 188 g/mol. The van der Waals surface area contributed by atoms with Gasteiger partial charge in [0.2, 0.25) is 0 Å². The molecule has 0 saturated heterocycles. The molecule has 2 nitrogen and oxygen atoms in total. The number of methoxy groups -OCH3 is 1. The lowest BCUT2D eigenvalue weighted by molar-refractivity contribution is 0.295. The molecule has 0 fully saturated rings. The molecule has 0 aromatic heterocycles. The van der Waals surface area contributed by atoms with Gasteiger partial charge in [-0.05, 0) is 25.1 Å². The molecule has 0 bridgehead atoms. The molecule has 0 N–H and O–H groups in total. The molecule has 0 aliphatic heterocycles. The lowest BCUT2D eigenvalue weighted by Gasteiger charge is -2.11. The molecule has 0 saturated carbocycles. The van der Waals surface area contributed by atoms with E-state index >= 15 is 0 Å². The van der Waals surface area contributed by atoms with Gasteiger partial charge in [0.25, 0.3) is 0 Å². The second-order valence-corrected chi connectivity index (χ2v) is 2.90. The third-order valence-corrected chi connectivity index (χ3v) is 1.94. The van der Waals surface area contributed by atoms with E-state index in [9.17, 15) is 0 Å². The fraction of sp³-hybridized carbons (Fsp3) is 0.231. The Morgan fingerprint density at radius 2 is 2.13 bits per heavy atom. The van der Waals surface area contributed by atoms with Gasteiger partial charge in [0.15, 0.2) is 0 Å². The van der Waals surface area contributed by atoms with Crippen molar-refractivity contribution in [3.63, 3.8) is 0 Å². The van der Waals surface area contributed by atoms with E-state index in [2.05, 4.69) is 6.58 Å². The molecule has 80 valence electrons. The van der Waals surface area contributed by atoms with Crippen LogP contribution in [0.15, 0.2) is 43.0 Å². The average molecular weight is 204 g/mol. The van der Waals surface area contributed by atoms with Gasteiger partial charge in [0, 0.05) is 0 Å². The van der Waals surface area contributed by atoms with Crippen molar-refractivity contribution in [1.82, 2.24) is 0 Å². The van der Waals surface area contributed by atoms with Crippen molar-refractivity contribution in [2.45, 2.75) is 6.92 Å². The summed E-state index contributed by atoms with van der Waals surface area (Å²) in [5.41, 5.74) is 0.946. The van der Waals surface area contributed by atoms with Crippen molar-refractivity contribution in [1.29, 1.82) is 0 Å². The second-order valence-electron chi connectivity index (χ2n) is 2.90. The predicted molar refractivity (Wildman–Crippen MR) is 62.8 cm³/mol. The number of hydrogen-bond acceptors (Lipinski definition) is 2. The van der Waals surface area contributed by atoms with Crippen molar-refractivity contribution in [3.05, 3.63) is 48.6 Å². The summed E-state index contributed by atoms with van der Waals surface area (Å²) in [5, 5.41) is 0. The summed E-state index contributed by atoms with van der Waals surface area (Å²) in [6.07, 6.45) is 3.54. The summed E-state index contributed by atoms with van der Waals surface area (Å²) < 4.78 is 10.8. The largest absolute Gasteiger partial charge is 0.496 e. The first-order valence-corrected chi connectivity index (χ1v) is 4.92. The Morgan fingerprint density at radius 1 is 1.40 bits per heavy atom. The fourth-order valence-corrected chi connectivity index (χ4v) is 1.33. The Balaban J connectivity index is 3.10. The molecule has 0 amide bonds. The molecule has 0 aliphatic carbocycles. The normalized spacial score (nSPS) is 10.9. The Hall–Kier alpha value is -1.70. The van der Waals surface area contributed by atoms with Crippen LogP contribution < -0.4 is 4.74 Å². The highest BCUT2D eigenvalue weighted by Crippen LogP contribution is 2.26. The van der Waals surface area contributed by atoms with Crippen LogP contribution in [0.25, 0.3) is 5.76 Å². The van der Waals surface area contributed by atoms with Crippen molar-refractivity contribution in [2.24, 2.45) is 0 Å². The minimum atomic E-state index is 0.623. The van der Waals surface area contributed by atoms with E-state index in [4.69, 9.17) is 9.47 Å². The zero-order valence-electron chi connectivity index (χ0n) is 9.19. The van der Waals surface area contributed by atoms with Crippen LogP contribution in [0.4, 0.5) is 0 Å². The Bertz CT molecular complexity index is 353. The van der Waals surface area contributed by atoms with Gasteiger partial charge in [-0.2, -0.15) is 0 Å². The van der Waals surface area contributed by atoms with Gasteiger partial charge >= 0.3 is 0 Å². The van der Waals surface area contributed by atoms with Crippen molar-refractivity contribution in [3.8, 4) is 5.75 Å². The SMILES string of the molecule is C=C/C=C(/OCC)c1ccccc1OC. The monoisotopic (exact) mass is 204 g/mol. The van der Waals surface area contributed by atoms with Crippen LogP contribution in [0.5, 0.6) is 5.75 Å². The standard InChI is InChI=1S/C13H16O2/c1-4-8-13(15-5-2)11-9-6-7-10-12(11)14-3/h4,6-10H,1,5H2,2-3H3/b13-8+. The molecule has 0 aliphatic rings. The maximum Gasteiger partial charge on any atom is 0.130 e. The molecule has 0 heterocycles. The minimum absolute atomic E-state index is 0.623. The number of para-hydroxylation sites is 1. The topological polar surface area (TPSA) is 18.5 Å². The van der Waals surface area contributed by atoms with Crippen LogP contribution in [0, 0.1) is 0 Å². The lowest BCUT2D eigenvalue weighted by atomic mass is 10.1. The molecule has 1 aromatic carbocycles. The quantitative estimate of drug-likeness (QED) is 0.541. The second kappa shape index (κ2) is 5.91. The van der Waals surface area contributed by atoms with Crippen LogP contribution in [-0.4, -0.2) is 13.7 Å². The number of hydrogen-bond donors (Lipinski definition) is 0. The van der Waals surface area contributed by atoms with Crippen LogP contribution in [-0.2, 0) is 4.74 Å². The van der Waals surface area contributed by atoms with E-state index in [0.717, 1.165) is 17.1 Å². The van der Waals surface area contributed by atoms with Gasteiger partial charge in [-0.15, -0.1) is 0 Å². The maximum absolute atomic E-state index is 5.52. The smallest absolute Gasteiger partial charge is 0.130 e. The van der Waals surface area contributed by atoms with E-state index in [1.54, 1.807) is 13.2 Å². The molecule has 15 heavy (non-hydrogen) atoms. The molecule has 0 atom stereocenters. The molecule has 0 radical (unpaired) electrons. The van der Waals surface area contributed by atoms with Gasteiger partial charge in [0.1, 0.15) is 11.5 Å². The number of ether oxygens (including phenoxy) is 2. The number of allylic oxidation sites excluding steroid dienone is 2. The summed E-state index contributed by atoms with van der Waals surface area (Å²) in [5.74, 6) is 1.59. The first-order chi connectivity index (χ1) is 7.33. The molecule has 1 rings (SSSR count). The highest BCUT2D eigenvalue weighted by atomic mass is 16.5. The molecule has 0 unspecified atom stereocenters. The molecule has 1 aromatic rings. The summed E-state index contributed by atoms with van der Waals surface area (Å²) in [6, 6.07) is 7.75. The van der Waals surface area contributed by atoms with Crippen LogP contribution >= 0.6 is 0 Å². The van der Waals surface area contributed by atoms with Gasteiger partial charge in [-0.25, -0.2) is 0 Å². The predicted octanol–water partition coefficient (Wildman–Crippen LogP) is 3.26. The van der Waals surface area contributed by atoms with E-state index in [0.29, 0.717) is 6.61 Å². The first-order valence-electron chi connectivity index (χ1n) is 4.92. The van der Waals surface area contributed by atoms with E-state index in [-0.39, 0.29) is 0 Å². The summed E-state index contributed by atoms with van der Waals surface area (Å²) in [4.78, 5) is 0. The van der Waals surface area contributed by atoms with E-state index in [1.165, 1.54) is 0 Å². The molecule has 2 heteroatoms. The van der Waals surface area contributed by atoms with E-state index in [1.807, 2.05) is 37.3 Å². The molecule has 0 spiro atoms. The zero-order valence-corrected chi connectivity index (χ0v) is 9.19. The van der Waals surface area contributed by atoms with Gasteiger partial charge in [-0.3, -0.25) is 0 Å². The van der Waals surface area contributed by atoms with Crippen molar-refractivity contribution < 1.29 is 9.47 Å². The highest BCUT2D eigenvalue weighted by molar-refractivity contribution is 5.66. The average Bonchev–Trinajstić information content (AvgIpc) is 2.29. The van der Waals surface area contributed by atoms with Gasteiger partial charge < -0.3 is 9.47 Å². The Kier molecular flexibility index (Phi) is 4.48. The number of rotatable bonds is 5. The first kappa shape index (κ1) is 11.4. The van der Waals surface area contributed by atoms with Crippen LogP contribution in [0.1, 0.15) is 12.5 Å². The van der Waals surface area contributed by atoms with Crippen molar-refractivity contribution in [2.75, 3.05) is 13.7 Å². The zero-order chi connectivity index (χ0) is 11.1. The third kappa shape index (κ3) is 2.88. The summed E-state index contributed by atoms with van der Waals surface area (Å²) in [7, 11) is 1.65. The van der Waals surface area contributed by atoms with Crippen molar-refractivity contribution >= 4 is 5.76 Å². The maximum atomic E-state index is 5.52. The Morgan fingerprint density at radius 3 is 2.73 bits per heavy atom. The fourth-order valence-electron chi connectivity index (χ4n) is 1.33. The lowest BCUT2D eigenvalue weighted by Crippen LogP contribution is -1.95. The van der Waals surface area contributed by atoms with Crippen LogP contribution in [0.3, 0.4) is 0 Å².